The predicted molar refractivity (Wildman–Crippen MR) is 89.1 cm³/mol. The molecule has 2 aromatic carbocycles. The molecule has 0 radical (unpaired) electrons. The minimum atomic E-state index is -3.84. The van der Waals surface area contributed by atoms with Gasteiger partial charge in [0.15, 0.2) is 0 Å². The second-order valence-electron chi connectivity index (χ2n) is 4.81. The predicted octanol–water partition coefficient (Wildman–Crippen LogP) is 3.04. The van der Waals surface area contributed by atoms with Crippen LogP contribution in [0.15, 0.2) is 39.7 Å². The molecule has 0 unspecified atom stereocenters. The average Bonchev–Trinajstić information content (AvgIpc) is 2.37. The maximum Gasteiger partial charge on any atom is 0.240 e. The third-order valence-corrected chi connectivity index (χ3v) is 5.31. The van der Waals surface area contributed by atoms with Gasteiger partial charge in [0, 0.05) is 10.2 Å². The zero-order valence-electron chi connectivity index (χ0n) is 11.6. The molecule has 0 aromatic heterocycles. The summed E-state index contributed by atoms with van der Waals surface area (Å²) >= 11 is 3.50. The summed E-state index contributed by atoms with van der Waals surface area (Å²) in [7, 11) is -3.84. The third kappa shape index (κ3) is 3.37. The molecule has 112 valence electrons. The van der Waals surface area contributed by atoms with Crippen LogP contribution >= 0.6 is 15.9 Å². The van der Waals surface area contributed by atoms with Gasteiger partial charge in [-0.15, -0.1) is 0 Å². The number of hydrogen-bond donors (Lipinski definition) is 3. The first kappa shape index (κ1) is 15.8. The fourth-order valence-electron chi connectivity index (χ4n) is 2.07. The largest absolute Gasteiger partial charge is 0.396 e. The molecule has 5 N–H and O–H groups in total. The molecule has 0 saturated carbocycles. The van der Waals surface area contributed by atoms with Crippen LogP contribution in [0.25, 0.3) is 0 Å². The van der Waals surface area contributed by atoms with Crippen molar-refractivity contribution in [3.05, 3.63) is 45.9 Å². The van der Waals surface area contributed by atoms with Crippen molar-refractivity contribution in [3.8, 4) is 0 Å². The van der Waals surface area contributed by atoms with Crippen LogP contribution in [0.5, 0.6) is 0 Å². The van der Waals surface area contributed by atoms with E-state index >= 15 is 0 Å². The lowest BCUT2D eigenvalue weighted by molar-refractivity contribution is 0.598. The maximum absolute atomic E-state index is 11.5. The van der Waals surface area contributed by atoms with Crippen LogP contribution in [0, 0.1) is 13.8 Å². The van der Waals surface area contributed by atoms with Gasteiger partial charge in [-0.2, -0.15) is 0 Å². The first-order chi connectivity index (χ1) is 9.70. The number of rotatable bonds is 3. The number of hydrogen-bond acceptors (Lipinski definition) is 4. The molecule has 21 heavy (non-hydrogen) atoms. The van der Waals surface area contributed by atoms with E-state index in [9.17, 15) is 8.42 Å². The number of para-hydroxylation sites is 1. The van der Waals surface area contributed by atoms with E-state index in [1.807, 2.05) is 26.0 Å². The Balaban J connectivity index is 2.46. The monoisotopic (exact) mass is 369 g/mol. The van der Waals surface area contributed by atoms with E-state index in [4.69, 9.17) is 10.9 Å². The van der Waals surface area contributed by atoms with E-state index in [2.05, 4.69) is 21.2 Å². The highest BCUT2D eigenvalue weighted by Crippen LogP contribution is 2.31. The molecule has 7 heteroatoms. The van der Waals surface area contributed by atoms with E-state index < -0.39 is 10.0 Å². The van der Waals surface area contributed by atoms with Gasteiger partial charge in [0.1, 0.15) is 4.90 Å². The fraction of sp³-hybridized carbons (Fsp3) is 0.143. The third-order valence-electron chi connectivity index (χ3n) is 3.09. The van der Waals surface area contributed by atoms with Gasteiger partial charge in [0.05, 0.1) is 11.4 Å². The van der Waals surface area contributed by atoms with Gasteiger partial charge in [0.2, 0.25) is 10.0 Å². The normalized spacial score (nSPS) is 11.4. The van der Waals surface area contributed by atoms with Gasteiger partial charge < -0.3 is 11.1 Å². The van der Waals surface area contributed by atoms with Crippen molar-refractivity contribution in [1.29, 1.82) is 0 Å². The van der Waals surface area contributed by atoms with Gasteiger partial charge in [0.25, 0.3) is 0 Å². The summed E-state index contributed by atoms with van der Waals surface area (Å²) in [5, 5.41) is 8.27. The molecule has 0 heterocycles. The first-order valence-corrected chi connectivity index (χ1v) is 8.49. The van der Waals surface area contributed by atoms with E-state index in [0.29, 0.717) is 5.69 Å². The summed E-state index contributed by atoms with van der Waals surface area (Å²) in [6.45, 7) is 3.96. The molecular formula is C14H16BrN3O2S. The van der Waals surface area contributed by atoms with E-state index in [-0.39, 0.29) is 10.6 Å². The molecule has 5 nitrogen and oxygen atoms in total. The van der Waals surface area contributed by atoms with Crippen molar-refractivity contribution >= 4 is 43.0 Å². The van der Waals surface area contributed by atoms with Crippen LogP contribution in [-0.2, 0) is 10.0 Å². The van der Waals surface area contributed by atoms with Gasteiger partial charge in [-0.05, 0) is 49.2 Å². The summed E-state index contributed by atoms with van der Waals surface area (Å²) in [5.41, 5.74) is 9.47. The Hall–Kier alpha value is -1.57. The number of halogens is 1. The molecule has 2 rings (SSSR count). The summed E-state index contributed by atoms with van der Waals surface area (Å²) in [5.74, 6) is 0. The average molecular weight is 370 g/mol. The highest BCUT2D eigenvalue weighted by Gasteiger charge is 2.15. The SMILES string of the molecule is Cc1cc(Nc2cccc(S(N)(=O)=O)c2N)cc(C)c1Br. The Morgan fingerprint density at radius 1 is 1.14 bits per heavy atom. The van der Waals surface area contributed by atoms with Gasteiger partial charge in [-0.25, -0.2) is 13.6 Å². The lowest BCUT2D eigenvalue weighted by atomic mass is 10.1. The number of aryl methyl sites for hydroxylation is 2. The lowest BCUT2D eigenvalue weighted by Crippen LogP contribution is -2.15. The molecule has 0 fully saturated rings. The minimum absolute atomic E-state index is 0.0851. The van der Waals surface area contributed by atoms with Crippen molar-refractivity contribution in [2.75, 3.05) is 11.1 Å². The van der Waals surface area contributed by atoms with Crippen LogP contribution in [0.3, 0.4) is 0 Å². The number of nitrogens with one attached hydrogen (secondary N) is 1. The number of nitrogens with two attached hydrogens (primary N) is 2. The zero-order valence-corrected chi connectivity index (χ0v) is 14.0. The van der Waals surface area contributed by atoms with Crippen LogP contribution in [0.1, 0.15) is 11.1 Å². The zero-order chi connectivity index (χ0) is 15.8. The summed E-state index contributed by atoms with van der Waals surface area (Å²) in [6, 6.07) is 8.57. The molecule has 0 aliphatic carbocycles. The molecule has 0 bridgehead atoms. The number of benzene rings is 2. The molecule has 0 saturated heterocycles. The van der Waals surface area contributed by atoms with Crippen molar-refractivity contribution in [3.63, 3.8) is 0 Å². The molecule has 0 aliphatic rings. The lowest BCUT2D eigenvalue weighted by Gasteiger charge is -2.14. The second-order valence-corrected chi connectivity index (χ2v) is 7.13. The highest BCUT2D eigenvalue weighted by molar-refractivity contribution is 9.10. The van der Waals surface area contributed by atoms with Crippen LogP contribution in [-0.4, -0.2) is 8.42 Å². The maximum atomic E-state index is 11.5. The van der Waals surface area contributed by atoms with Gasteiger partial charge in [-0.1, -0.05) is 22.0 Å². The second kappa shape index (κ2) is 5.67. The number of anilines is 3. The first-order valence-electron chi connectivity index (χ1n) is 6.15. The smallest absolute Gasteiger partial charge is 0.240 e. The molecule has 0 spiro atoms. The van der Waals surface area contributed by atoms with E-state index in [0.717, 1.165) is 21.3 Å². The van der Waals surface area contributed by atoms with Crippen molar-refractivity contribution in [2.45, 2.75) is 18.7 Å². The Morgan fingerprint density at radius 3 is 2.24 bits per heavy atom. The molecule has 0 atom stereocenters. The standard InChI is InChI=1S/C14H16BrN3O2S/c1-8-6-10(7-9(2)13(8)15)18-11-4-3-5-12(14(11)16)21(17,19)20/h3-7,18H,16H2,1-2H3,(H2,17,19,20). The Morgan fingerprint density at radius 2 is 1.71 bits per heavy atom. The number of primary sulfonamides is 1. The molecule has 0 amide bonds. The van der Waals surface area contributed by atoms with Crippen LogP contribution in [0.4, 0.5) is 17.1 Å². The summed E-state index contributed by atoms with van der Waals surface area (Å²) < 4.78 is 24.0. The van der Waals surface area contributed by atoms with Crippen molar-refractivity contribution in [2.24, 2.45) is 5.14 Å². The Kier molecular flexibility index (Phi) is 4.27. The number of sulfonamides is 1. The molecule has 0 aliphatic heterocycles. The summed E-state index contributed by atoms with van der Waals surface area (Å²) in [6.07, 6.45) is 0. The van der Waals surface area contributed by atoms with Crippen molar-refractivity contribution in [1.82, 2.24) is 0 Å². The Bertz CT molecular complexity index is 781. The van der Waals surface area contributed by atoms with Crippen LogP contribution in [0.2, 0.25) is 0 Å². The highest BCUT2D eigenvalue weighted by atomic mass is 79.9. The van der Waals surface area contributed by atoms with Gasteiger partial charge in [-0.3, -0.25) is 0 Å². The van der Waals surface area contributed by atoms with Crippen molar-refractivity contribution < 1.29 is 8.42 Å². The van der Waals surface area contributed by atoms with E-state index in [1.54, 1.807) is 12.1 Å². The van der Waals surface area contributed by atoms with Gasteiger partial charge >= 0.3 is 0 Å². The van der Waals surface area contributed by atoms with Crippen LogP contribution < -0.4 is 16.2 Å². The number of nitrogen functional groups attached to an aromatic ring is 1. The quantitative estimate of drug-likeness (QED) is 0.724. The topological polar surface area (TPSA) is 98.2 Å². The molecular weight excluding hydrogens is 354 g/mol. The fourth-order valence-corrected chi connectivity index (χ4v) is 2.99. The molecule has 2 aromatic rings. The Labute approximate surface area is 132 Å². The van der Waals surface area contributed by atoms with E-state index in [1.165, 1.54) is 6.07 Å². The summed E-state index contributed by atoms with van der Waals surface area (Å²) in [4.78, 5) is -0.0851. The minimum Gasteiger partial charge on any atom is -0.396 e.